The summed E-state index contributed by atoms with van der Waals surface area (Å²) in [6, 6.07) is 0. The Labute approximate surface area is 377 Å². The molecule has 0 heterocycles. The number of rotatable bonds is 46. The van der Waals surface area contributed by atoms with Crippen LogP contribution < -0.4 is 0 Å². The first-order valence-corrected chi connectivity index (χ1v) is 25.8. The van der Waals surface area contributed by atoms with Gasteiger partial charge in [0.25, 0.3) is 0 Å². The second-order valence-electron chi connectivity index (χ2n) is 17.1. The van der Waals surface area contributed by atoms with Crippen molar-refractivity contribution in [3.8, 4) is 0 Å². The van der Waals surface area contributed by atoms with Crippen molar-refractivity contribution in [1.29, 1.82) is 0 Å². The summed E-state index contributed by atoms with van der Waals surface area (Å²) in [7, 11) is 0. The van der Waals surface area contributed by atoms with E-state index in [1.54, 1.807) is 0 Å². The Hall–Kier alpha value is -2.89. The van der Waals surface area contributed by atoms with E-state index in [4.69, 9.17) is 14.2 Å². The molecule has 0 radical (unpaired) electrons. The number of unbranched alkanes of at least 4 members (excludes halogenated alkanes) is 25. The van der Waals surface area contributed by atoms with E-state index < -0.39 is 6.10 Å². The van der Waals surface area contributed by atoms with Crippen LogP contribution in [0.5, 0.6) is 0 Å². The fourth-order valence-corrected chi connectivity index (χ4v) is 7.07. The minimum absolute atomic E-state index is 0.0819. The molecule has 0 bridgehead atoms. The molecule has 0 aromatic carbocycles. The third-order valence-electron chi connectivity index (χ3n) is 11.0. The molecule has 0 aliphatic heterocycles. The van der Waals surface area contributed by atoms with Gasteiger partial charge in [-0.1, -0.05) is 204 Å². The third-order valence-corrected chi connectivity index (χ3v) is 11.0. The molecule has 0 spiro atoms. The van der Waals surface area contributed by atoms with Crippen LogP contribution in [0, 0.1) is 0 Å². The first kappa shape index (κ1) is 58.1. The van der Waals surface area contributed by atoms with Crippen molar-refractivity contribution in [3.05, 3.63) is 60.8 Å². The normalized spacial score (nSPS) is 12.5. The maximum atomic E-state index is 12.8. The lowest BCUT2D eigenvalue weighted by atomic mass is 10.1. The quantitative estimate of drug-likeness (QED) is 0.0263. The van der Waals surface area contributed by atoms with Gasteiger partial charge < -0.3 is 14.2 Å². The van der Waals surface area contributed by atoms with Crippen molar-refractivity contribution >= 4 is 17.9 Å². The van der Waals surface area contributed by atoms with E-state index in [1.165, 1.54) is 122 Å². The summed E-state index contributed by atoms with van der Waals surface area (Å²) in [5.41, 5.74) is 0. The summed E-state index contributed by atoms with van der Waals surface area (Å²) in [4.78, 5) is 37.7. The predicted molar refractivity (Wildman–Crippen MR) is 261 cm³/mol. The molecule has 1 atom stereocenters. The summed E-state index contributed by atoms with van der Waals surface area (Å²) in [5.74, 6) is -0.909. The van der Waals surface area contributed by atoms with E-state index in [-0.39, 0.29) is 31.1 Å². The van der Waals surface area contributed by atoms with Gasteiger partial charge in [0, 0.05) is 19.3 Å². The topological polar surface area (TPSA) is 78.9 Å². The largest absolute Gasteiger partial charge is 0.462 e. The molecule has 6 heteroatoms. The molecule has 0 aromatic rings. The minimum Gasteiger partial charge on any atom is -0.462 e. The summed E-state index contributed by atoms with van der Waals surface area (Å²) in [6.45, 7) is 6.52. The highest BCUT2D eigenvalue weighted by Gasteiger charge is 2.19. The van der Waals surface area contributed by atoms with Crippen LogP contribution >= 0.6 is 0 Å². The second-order valence-corrected chi connectivity index (χ2v) is 17.1. The van der Waals surface area contributed by atoms with Crippen LogP contribution in [-0.2, 0) is 28.6 Å². The van der Waals surface area contributed by atoms with Crippen molar-refractivity contribution in [2.45, 2.75) is 258 Å². The number of ether oxygens (including phenoxy) is 3. The van der Waals surface area contributed by atoms with Crippen LogP contribution in [0.2, 0.25) is 0 Å². The maximum absolute atomic E-state index is 12.8. The van der Waals surface area contributed by atoms with Gasteiger partial charge in [-0.05, 0) is 89.9 Å². The van der Waals surface area contributed by atoms with Gasteiger partial charge >= 0.3 is 17.9 Å². The lowest BCUT2D eigenvalue weighted by molar-refractivity contribution is -0.167. The van der Waals surface area contributed by atoms with Crippen LogP contribution in [0.3, 0.4) is 0 Å². The number of carbonyl (C=O) groups is 3. The molecule has 0 saturated carbocycles. The van der Waals surface area contributed by atoms with E-state index in [0.717, 1.165) is 89.9 Å². The van der Waals surface area contributed by atoms with Crippen LogP contribution in [0.1, 0.15) is 252 Å². The zero-order chi connectivity index (χ0) is 44.4. The summed E-state index contributed by atoms with van der Waals surface area (Å²) >= 11 is 0. The van der Waals surface area contributed by atoms with Crippen LogP contribution in [-0.4, -0.2) is 37.2 Å². The molecule has 1 unspecified atom stereocenters. The number of esters is 3. The van der Waals surface area contributed by atoms with Crippen molar-refractivity contribution in [1.82, 2.24) is 0 Å². The lowest BCUT2D eigenvalue weighted by Crippen LogP contribution is -2.30. The average Bonchev–Trinajstić information content (AvgIpc) is 3.26. The first-order valence-electron chi connectivity index (χ1n) is 25.8. The molecule has 352 valence electrons. The molecule has 0 aliphatic carbocycles. The monoisotopic (exact) mass is 853 g/mol. The van der Waals surface area contributed by atoms with E-state index in [1.807, 2.05) is 0 Å². The van der Waals surface area contributed by atoms with Crippen molar-refractivity contribution in [2.75, 3.05) is 13.2 Å². The zero-order valence-electron chi connectivity index (χ0n) is 40.2. The third kappa shape index (κ3) is 48.0. The summed E-state index contributed by atoms with van der Waals surface area (Å²) in [6.07, 6.45) is 60.8. The molecule has 0 fully saturated rings. The first-order chi connectivity index (χ1) is 30.0. The van der Waals surface area contributed by atoms with Crippen molar-refractivity contribution in [2.24, 2.45) is 0 Å². The van der Waals surface area contributed by atoms with Gasteiger partial charge in [0.2, 0.25) is 0 Å². The van der Waals surface area contributed by atoms with Gasteiger partial charge in [-0.15, -0.1) is 0 Å². The molecule has 0 rings (SSSR count). The van der Waals surface area contributed by atoms with E-state index in [2.05, 4.69) is 81.5 Å². The molecule has 0 N–H and O–H groups in total. The average molecular weight is 853 g/mol. The maximum Gasteiger partial charge on any atom is 0.306 e. The SMILES string of the molecule is CCCCC/C=C\C/C=C\C/C=C\CCCCCCCCC(=O)OCC(COC(=O)CCCCCCCC)OC(=O)CCCCCCCCC/C=C\C/C=C\CCCCCC. The van der Waals surface area contributed by atoms with Gasteiger partial charge in [0.1, 0.15) is 13.2 Å². The Morgan fingerprint density at radius 1 is 0.328 bits per heavy atom. The molecule has 0 aromatic heterocycles. The van der Waals surface area contributed by atoms with E-state index in [9.17, 15) is 14.4 Å². The fraction of sp³-hybridized carbons (Fsp3) is 0.764. The molecule has 6 nitrogen and oxygen atoms in total. The highest BCUT2D eigenvalue weighted by Crippen LogP contribution is 2.14. The Morgan fingerprint density at radius 2 is 0.590 bits per heavy atom. The number of hydrogen-bond donors (Lipinski definition) is 0. The molecule has 0 saturated heterocycles. The number of hydrogen-bond acceptors (Lipinski definition) is 6. The molecular formula is C55H96O6. The van der Waals surface area contributed by atoms with Gasteiger partial charge in [0.15, 0.2) is 6.10 Å². The zero-order valence-corrected chi connectivity index (χ0v) is 40.2. The highest BCUT2D eigenvalue weighted by molar-refractivity contribution is 5.71. The molecule has 61 heavy (non-hydrogen) atoms. The predicted octanol–water partition coefficient (Wildman–Crippen LogP) is 16.9. The van der Waals surface area contributed by atoms with Crippen molar-refractivity contribution < 1.29 is 28.6 Å². The Kier molecular flexibility index (Phi) is 47.4. The van der Waals surface area contributed by atoms with Gasteiger partial charge in [0.05, 0.1) is 0 Å². The van der Waals surface area contributed by atoms with Crippen LogP contribution in [0.15, 0.2) is 60.8 Å². The molecule has 0 amide bonds. The highest BCUT2D eigenvalue weighted by atomic mass is 16.6. The van der Waals surface area contributed by atoms with Crippen LogP contribution in [0.4, 0.5) is 0 Å². The number of allylic oxidation sites excluding steroid dienone is 10. The number of carbonyl (C=O) groups excluding carboxylic acids is 3. The Balaban J connectivity index is 4.25. The lowest BCUT2D eigenvalue weighted by Gasteiger charge is -2.18. The van der Waals surface area contributed by atoms with Crippen molar-refractivity contribution in [3.63, 3.8) is 0 Å². The Bertz CT molecular complexity index is 1120. The van der Waals surface area contributed by atoms with Crippen LogP contribution in [0.25, 0.3) is 0 Å². The van der Waals surface area contributed by atoms with E-state index in [0.29, 0.717) is 19.3 Å². The summed E-state index contributed by atoms with van der Waals surface area (Å²) in [5, 5.41) is 0. The summed E-state index contributed by atoms with van der Waals surface area (Å²) < 4.78 is 16.7. The fourth-order valence-electron chi connectivity index (χ4n) is 7.07. The minimum atomic E-state index is -0.780. The molecular weight excluding hydrogens is 757 g/mol. The Morgan fingerprint density at radius 3 is 0.967 bits per heavy atom. The van der Waals surface area contributed by atoms with E-state index >= 15 is 0 Å². The van der Waals surface area contributed by atoms with Gasteiger partial charge in [-0.3, -0.25) is 14.4 Å². The smallest absolute Gasteiger partial charge is 0.306 e. The van der Waals surface area contributed by atoms with Gasteiger partial charge in [-0.25, -0.2) is 0 Å². The standard InChI is InChI=1S/C55H96O6/c1-4-7-10-13-16-18-20-22-24-26-28-30-31-33-35-37-39-42-45-48-54(57)60-51-52(50-59-53(56)47-44-41-15-12-9-6-3)61-55(58)49-46-43-40-38-36-34-32-29-27-25-23-21-19-17-14-11-8-5-2/h16,18-19,21-22,24-25,27-28,30,52H,4-15,17,20,23,26,29,31-51H2,1-3H3/b18-16-,21-19-,24-22-,27-25-,30-28-. The second kappa shape index (κ2) is 49.8. The molecule has 0 aliphatic rings. The van der Waals surface area contributed by atoms with Gasteiger partial charge in [-0.2, -0.15) is 0 Å².